The monoisotopic (exact) mass is 305 g/mol. The smallest absolute Gasteiger partial charge is 0.135 e. The summed E-state index contributed by atoms with van der Waals surface area (Å²) in [6.07, 6.45) is 2.49. The summed E-state index contributed by atoms with van der Waals surface area (Å²) >= 11 is 1.47. The molecule has 0 radical (unpaired) electrons. The van der Waals surface area contributed by atoms with Crippen LogP contribution in [0.4, 0.5) is 8.78 Å². The normalized spacial score (nSPS) is 11.0. The van der Waals surface area contributed by atoms with Crippen LogP contribution in [0.3, 0.4) is 0 Å². The number of nitrogens with zero attached hydrogens (tertiary/aromatic N) is 3. The van der Waals surface area contributed by atoms with Gasteiger partial charge in [0, 0.05) is 41.9 Å². The average molecular weight is 305 g/mol. The van der Waals surface area contributed by atoms with Gasteiger partial charge in [-0.15, -0.1) is 11.3 Å². The minimum Gasteiger partial charge on any atom is -0.269 e. The first-order valence-electron chi connectivity index (χ1n) is 6.52. The van der Waals surface area contributed by atoms with Crippen LogP contribution in [0.5, 0.6) is 0 Å². The highest BCUT2D eigenvalue weighted by molar-refractivity contribution is 7.09. The third-order valence-corrected chi connectivity index (χ3v) is 4.13. The van der Waals surface area contributed by atoms with Gasteiger partial charge in [-0.3, -0.25) is 4.68 Å². The Morgan fingerprint density at radius 3 is 2.81 bits per heavy atom. The van der Waals surface area contributed by atoms with Crippen LogP contribution in [0.1, 0.15) is 10.7 Å². The fraction of sp³-hybridized carbons (Fsp3) is 0.200. The predicted molar refractivity (Wildman–Crippen MR) is 78.1 cm³/mol. The molecule has 108 valence electrons. The molecule has 3 rings (SSSR count). The molecule has 0 saturated heterocycles. The lowest BCUT2D eigenvalue weighted by Crippen LogP contribution is -2.04. The Balaban J connectivity index is 1.75. The highest BCUT2D eigenvalue weighted by Gasteiger charge is 2.10. The van der Waals surface area contributed by atoms with Gasteiger partial charge in [0.25, 0.3) is 0 Å². The maximum Gasteiger partial charge on any atom is 0.135 e. The summed E-state index contributed by atoms with van der Waals surface area (Å²) in [5, 5.41) is 6.91. The molecule has 1 aromatic carbocycles. The van der Waals surface area contributed by atoms with Crippen molar-refractivity contribution < 1.29 is 8.78 Å². The number of aryl methyl sites for hydroxylation is 3. The highest BCUT2D eigenvalue weighted by atomic mass is 32.1. The maximum atomic E-state index is 13.7. The number of halogens is 2. The van der Waals surface area contributed by atoms with E-state index in [1.165, 1.54) is 23.5 Å². The van der Waals surface area contributed by atoms with Crippen molar-refractivity contribution in [2.75, 3.05) is 0 Å². The van der Waals surface area contributed by atoms with Gasteiger partial charge in [0.05, 0.1) is 10.7 Å². The standard InChI is InChI=1S/C15H13F2N3S/c1-10-4-6-18-20(10)7-5-15-19-14(9-21-15)12-3-2-11(16)8-13(12)17/h2-4,6,8-9H,5,7H2,1H3. The molecule has 0 fully saturated rings. The molecule has 0 atom stereocenters. The van der Waals surface area contributed by atoms with Crippen molar-refractivity contribution in [1.29, 1.82) is 0 Å². The Morgan fingerprint density at radius 2 is 2.10 bits per heavy atom. The largest absolute Gasteiger partial charge is 0.269 e. The third kappa shape index (κ3) is 3.00. The number of hydrogen-bond donors (Lipinski definition) is 0. The molecule has 0 N–H and O–H groups in total. The Morgan fingerprint density at radius 1 is 1.24 bits per heavy atom. The lowest BCUT2D eigenvalue weighted by atomic mass is 10.1. The van der Waals surface area contributed by atoms with Crippen LogP contribution < -0.4 is 0 Å². The van der Waals surface area contributed by atoms with Crippen molar-refractivity contribution >= 4 is 11.3 Å². The van der Waals surface area contributed by atoms with Gasteiger partial charge in [-0.25, -0.2) is 13.8 Å². The number of hydrogen-bond acceptors (Lipinski definition) is 3. The molecule has 0 aliphatic heterocycles. The van der Waals surface area contributed by atoms with Crippen molar-refractivity contribution in [3.63, 3.8) is 0 Å². The van der Waals surface area contributed by atoms with Crippen molar-refractivity contribution in [2.24, 2.45) is 0 Å². The van der Waals surface area contributed by atoms with Gasteiger partial charge in [0.15, 0.2) is 0 Å². The van der Waals surface area contributed by atoms with Gasteiger partial charge in [0.1, 0.15) is 11.6 Å². The van der Waals surface area contributed by atoms with Gasteiger partial charge in [-0.2, -0.15) is 5.10 Å². The molecule has 0 aliphatic carbocycles. The zero-order chi connectivity index (χ0) is 14.8. The Kier molecular flexibility index (Phi) is 3.79. The average Bonchev–Trinajstić information content (AvgIpc) is 3.05. The van der Waals surface area contributed by atoms with Gasteiger partial charge in [-0.1, -0.05) is 0 Å². The molecule has 6 heteroatoms. The summed E-state index contributed by atoms with van der Waals surface area (Å²) in [6.45, 7) is 2.73. The Hall–Kier alpha value is -2.08. The first-order valence-corrected chi connectivity index (χ1v) is 7.39. The molecule has 21 heavy (non-hydrogen) atoms. The van der Waals surface area contributed by atoms with Gasteiger partial charge in [-0.05, 0) is 25.1 Å². The fourth-order valence-corrected chi connectivity index (χ4v) is 2.87. The van der Waals surface area contributed by atoms with E-state index in [2.05, 4.69) is 10.1 Å². The van der Waals surface area contributed by atoms with E-state index in [9.17, 15) is 8.78 Å². The topological polar surface area (TPSA) is 30.7 Å². The zero-order valence-electron chi connectivity index (χ0n) is 11.4. The van der Waals surface area contributed by atoms with Crippen molar-refractivity contribution in [3.8, 4) is 11.3 Å². The Labute approximate surface area is 124 Å². The summed E-state index contributed by atoms with van der Waals surface area (Å²) in [4.78, 5) is 4.42. The van der Waals surface area contributed by atoms with Crippen LogP contribution in [0.2, 0.25) is 0 Å². The Bertz CT molecular complexity index is 764. The van der Waals surface area contributed by atoms with Crippen LogP contribution in [0.25, 0.3) is 11.3 Å². The van der Waals surface area contributed by atoms with Crippen LogP contribution in [0.15, 0.2) is 35.8 Å². The number of aromatic nitrogens is 3. The van der Waals surface area contributed by atoms with Crippen molar-refractivity contribution in [2.45, 2.75) is 19.9 Å². The second-order valence-electron chi connectivity index (χ2n) is 4.70. The summed E-state index contributed by atoms with van der Waals surface area (Å²) in [6, 6.07) is 5.48. The van der Waals surface area contributed by atoms with Crippen LogP contribution >= 0.6 is 11.3 Å². The SMILES string of the molecule is Cc1ccnn1CCc1nc(-c2ccc(F)cc2F)cs1. The first kappa shape index (κ1) is 13.9. The molecule has 3 aromatic rings. The molecular formula is C15H13F2N3S. The number of benzene rings is 1. The summed E-state index contributed by atoms with van der Waals surface area (Å²) < 4.78 is 28.5. The molecule has 0 unspecified atom stereocenters. The lowest BCUT2D eigenvalue weighted by molar-refractivity contribution is 0.585. The molecule has 2 aromatic heterocycles. The van der Waals surface area contributed by atoms with Crippen LogP contribution in [-0.2, 0) is 13.0 Å². The fourth-order valence-electron chi connectivity index (χ4n) is 2.08. The van der Waals surface area contributed by atoms with Gasteiger partial charge < -0.3 is 0 Å². The van der Waals surface area contributed by atoms with E-state index in [0.717, 1.165) is 29.7 Å². The predicted octanol–water partition coefficient (Wildman–Crippen LogP) is 3.84. The number of rotatable bonds is 4. The van der Waals surface area contributed by atoms with Crippen molar-refractivity contribution in [1.82, 2.24) is 14.8 Å². The second-order valence-corrected chi connectivity index (χ2v) is 5.64. The van der Waals surface area contributed by atoms with E-state index in [1.807, 2.05) is 17.7 Å². The molecule has 0 amide bonds. The van der Waals surface area contributed by atoms with E-state index in [0.29, 0.717) is 11.3 Å². The maximum absolute atomic E-state index is 13.7. The van der Waals surface area contributed by atoms with Crippen LogP contribution in [-0.4, -0.2) is 14.8 Å². The molecule has 0 bridgehead atoms. The molecule has 3 nitrogen and oxygen atoms in total. The third-order valence-electron chi connectivity index (χ3n) is 3.23. The molecular weight excluding hydrogens is 292 g/mol. The molecule has 2 heterocycles. The summed E-state index contributed by atoms with van der Waals surface area (Å²) in [7, 11) is 0. The molecule has 0 spiro atoms. The van der Waals surface area contributed by atoms with Crippen molar-refractivity contribution in [3.05, 3.63) is 58.2 Å². The second kappa shape index (κ2) is 5.73. The van der Waals surface area contributed by atoms with E-state index < -0.39 is 11.6 Å². The number of thiazole rings is 1. The van der Waals surface area contributed by atoms with Gasteiger partial charge in [0.2, 0.25) is 0 Å². The first-order chi connectivity index (χ1) is 10.1. The lowest BCUT2D eigenvalue weighted by Gasteiger charge is -2.02. The zero-order valence-corrected chi connectivity index (χ0v) is 12.2. The minimum atomic E-state index is -0.588. The summed E-state index contributed by atoms with van der Waals surface area (Å²) in [5.74, 6) is -1.17. The summed E-state index contributed by atoms with van der Waals surface area (Å²) in [5.41, 5.74) is 1.97. The van der Waals surface area contributed by atoms with E-state index in [4.69, 9.17) is 0 Å². The minimum absolute atomic E-state index is 0.328. The van der Waals surface area contributed by atoms with E-state index >= 15 is 0 Å². The van der Waals surface area contributed by atoms with E-state index in [-0.39, 0.29) is 0 Å². The quantitative estimate of drug-likeness (QED) is 0.733. The highest BCUT2D eigenvalue weighted by Crippen LogP contribution is 2.25. The molecule has 0 saturated carbocycles. The van der Waals surface area contributed by atoms with Gasteiger partial charge >= 0.3 is 0 Å². The van der Waals surface area contributed by atoms with E-state index in [1.54, 1.807) is 11.6 Å². The van der Waals surface area contributed by atoms with Crippen LogP contribution in [0, 0.1) is 18.6 Å². The molecule has 0 aliphatic rings.